The number of rotatable bonds is 11. The normalized spacial score (nSPS) is 15.2. The molecule has 13 nitrogen and oxygen atoms in total. The van der Waals surface area contributed by atoms with Gasteiger partial charge >= 0.3 is 6.03 Å². The highest BCUT2D eigenvalue weighted by molar-refractivity contribution is 7.89. The number of amides is 4. The van der Waals surface area contributed by atoms with E-state index in [2.05, 4.69) is 20.6 Å². The van der Waals surface area contributed by atoms with Crippen LogP contribution in [0.2, 0.25) is 0 Å². The van der Waals surface area contributed by atoms with Crippen molar-refractivity contribution in [1.82, 2.24) is 24.1 Å². The van der Waals surface area contributed by atoms with Crippen LogP contribution in [0.5, 0.6) is 11.5 Å². The standard InChI is InChI=1S/C33H34FN7O6S/c1-21(2)40-20-26(32(43)41(33(40)44)19-22-8-6-5-7-9-22)31(42)37-23-10-12-28(27(34)16-23)47-24-14-15-35-30(17-24)38-29-13-11-25(18-36-29)48(45,46)39(3)4/h5-18,21,26H,19-20H2,1-4H3,(H,37,42)(H,35,36,38). The van der Waals surface area contributed by atoms with Gasteiger partial charge in [-0.05, 0) is 49.7 Å². The van der Waals surface area contributed by atoms with Crippen molar-refractivity contribution in [2.75, 3.05) is 31.3 Å². The lowest BCUT2D eigenvalue weighted by Gasteiger charge is -2.40. The first-order valence-electron chi connectivity index (χ1n) is 14.9. The number of hydrogen-bond acceptors (Lipinski definition) is 9. The molecular formula is C33H34FN7O6S. The quantitative estimate of drug-likeness (QED) is 0.213. The average molecular weight is 676 g/mol. The monoisotopic (exact) mass is 675 g/mol. The van der Waals surface area contributed by atoms with Gasteiger partial charge in [-0.1, -0.05) is 30.3 Å². The number of nitrogens with zero attached hydrogens (tertiary/aromatic N) is 5. The number of pyridine rings is 2. The Balaban J connectivity index is 1.25. The van der Waals surface area contributed by atoms with E-state index >= 15 is 4.39 Å². The van der Waals surface area contributed by atoms with Gasteiger partial charge in [0.2, 0.25) is 21.8 Å². The Hall–Kier alpha value is -5.41. The van der Waals surface area contributed by atoms with E-state index in [0.717, 1.165) is 20.8 Å². The molecule has 1 saturated heterocycles. The zero-order chi connectivity index (χ0) is 34.6. The fraction of sp³-hybridized carbons (Fsp3) is 0.242. The zero-order valence-electron chi connectivity index (χ0n) is 26.6. The van der Waals surface area contributed by atoms with Gasteiger partial charge in [-0.15, -0.1) is 0 Å². The maximum atomic E-state index is 15.2. The van der Waals surface area contributed by atoms with Gasteiger partial charge in [0, 0.05) is 56.9 Å². The van der Waals surface area contributed by atoms with Crippen LogP contribution >= 0.6 is 0 Å². The maximum absolute atomic E-state index is 15.2. The van der Waals surface area contributed by atoms with Crippen LogP contribution in [0.3, 0.4) is 0 Å². The van der Waals surface area contributed by atoms with Gasteiger partial charge in [-0.3, -0.25) is 14.5 Å². The van der Waals surface area contributed by atoms with Crippen molar-refractivity contribution in [2.45, 2.75) is 31.3 Å². The fourth-order valence-electron chi connectivity index (χ4n) is 4.84. The van der Waals surface area contributed by atoms with E-state index in [0.29, 0.717) is 11.6 Å². The highest BCUT2D eigenvalue weighted by Gasteiger charge is 2.43. The number of imide groups is 1. The first-order chi connectivity index (χ1) is 22.8. The molecule has 48 heavy (non-hydrogen) atoms. The predicted molar refractivity (Wildman–Crippen MR) is 175 cm³/mol. The second-order valence-corrected chi connectivity index (χ2v) is 13.5. The van der Waals surface area contributed by atoms with Gasteiger partial charge < -0.3 is 20.3 Å². The third-order valence-corrected chi connectivity index (χ3v) is 9.27. The number of aromatic nitrogens is 2. The summed E-state index contributed by atoms with van der Waals surface area (Å²) in [7, 11) is -0.784. The molecule has 1 unspecified atom stereocenters. The molecule has 0 bridgehead atoms. The van der Waals surface area contributed by atoms with E-state index in [9.17, 15) is 22.8 Å². The molecule has 4 aromatic rings. The van der Waals surface area contributed by atoms with E-state index in [1.807, 2.05) is 6.07 Å². The van der Waals surface area contributed by atoms with Gasteiger partial charge in [0.15, 0.2) is 11.6 Å². The number of hydrogen-bond donors (Lipinski definition) is 2. The molecule has 250 valence electrons. The van der Waals surface area contributed by atoms with Crippen molar-refractivity contribution in [3.8, 4) is 11.5 Å². The molecule has 1 aliphatic heterocycles. The van der Waals surface area contributed by atoms with Crippen LogP contribution in [0.4, 0.5) is 26.5 Å². The van der Waals surface area contributed by atoms with Crippen molar-refractivity contribution in [3.05, 3.63) is 96.6 Å². The Labute approximate surface area is 277 Å². The number of nitrogens with one attached hydrogen (secondary N) is 2. The summed E-state index contributed by atoms with van der Waals surface area (Å²) in [4.78, 5) is 50.7. The lowest BCUT2D eigenvalue weighted by molar-refractivity contribution is -0.142. The highest BCUT2D eigenvalue weighted by atomic mass is 32.2. The molecule has 1 fully saturated rings. The Kier molecular flexibility index (Phi) is 10.0. The highest BCUT2D eigenvalue weighted by Crippen LogP contribution is 2.29. The number of halogens is 1. The molecule has 2 N–H and O–H groups in total. The van der Waals surface area contributed by atoms with Gasteiger partial charge in [0.05, 0.1) is 6.54 Å². The number of sulfonamides is 1. The lowest BCUT2D eigenvalue weighted by atomic mass is 10.0. The van der Waals surface area contributed by atoms with Crippen LogP contribution < -0.4 is 15.4 Å². The minimum Gasteiger partial charge on any atom is -0.454 e. The molecule has 2 aromatic carbocycles. The Morgan fingerprint density at radius 3 is 2.42 bits per heavy atom. The molecule has 3 heterocycles. The van der Waals surface area contributed by atoms with Crippen LogP contribution in [0.25, 0.3) is 0 Å². The van der Waals surface area contributed by atoms with Crippen molar-refractivity contribution in [1.29, 1.82) is 0 Å². The first-order valence-corrected chi connectivity index (χ1v) is 16.3. The molecule has 0 spiro atoms. The van der Waals surface area contributed by atoms with E-state index in [-0.39, 0.29) is 41.2 Å². The van der Waals surface area contributed by atoms with Gasteiger partial charge in [-0.2, -0.15) is 0 Å². The molecule has 0 aliphatic carbocycles. The van der Waals surface area contributed by atoms with Gasteiger partial charge in [-0.25, -0.2) is 31.9 Å². The summed E-state index contributed by atoms with van der Waals surface area (Å²) >= 11 is 0. The van der Waals surface area contributed by atoms with Crippen molar-refractivity contribution in [3.63, 3.8) is 0 Å². The van der Waals surface area contributed by atoms with Gasteiger partial charge in [0.25, 0.3) is 0 Å². The molecule has 4 amide bonds. The first kappa shape index (κ1) is 33.9. The Morgan fingerprint density at radius 1 is 1.02 bits per heavy atom. The largest absolute Gasteiger partial charge is 0.454 e. The smallest absolute Gasteiger partial charge is 0.327 e. The average Bonchev–Trinajstić information content (AvgIpc) is 3.05. The molecule has 2 aromatic heterocycles. The number of anilines is 3. The van der Waals surface area contributed by atoms with Gasteiger partial charge in [0.1, 0.15) is 28.2 Å². The molecule has 5 rings (SSSR count). The predicted octanol–water partition coefficient (Wildman–Crippen LogP) is 4.83. The summed E-state index contributed by atoms with van der Waals surface area (Å²) in [6.07, 6.45) is 2.65. The second kappa shape index (κ2) is 14.1. The van der Waals surface area contributed by atoms with Crippen LogP contribution in [-0.2, 0) is 26.2 Å². The van der Waals surface area contributed by atoms with Crippen LogP contribution in [-0.4, -0.2) is 77.0 Å². The summed E-state index contributed by atoms with van der Waals surface area (Å²) in [6.45, 7) is 3.51. The van der Waals surface area contributed by atoms with Crippen molar-refractivity contribution < 1.29 is 31.9 Å². The minimum absolute atomic E-state index is 0.0162. The second-order valence-electron chi connectivity index (χ2n) is 11.4. The summed E-state index contributed by atoms with van der Waals surface area (Å²) in [5.74, 6) is -2.55. The third-order valence-electron chi connectivity index (χ3n) is 7.47. The van der Waals surface area contributed by atoms with Crippen LogP contribution in [0, 0.1) is 11.7 Å². The van der Waals surface area contributed by atoms with Crippen molar-refractivity contribution in [2.24, 2.45) is 5.92 Å². The number of benzene rings is 2. The SMILES string of the molecule is CC(C)N1CC(C(=O)Nc2ccc(Oc3ccnc(Nc4ccc(S(=O)(=O)N(C)C)cn4)c3)c(F)c2)C(=O)N(Cc2ccccc2)C1=O. The minimum atomic E-state index is -3.63. The summed E-state index contributed by atoms with van der Waals surface area (Å²) in [6, 6.07) is 18.0. The van der Waals surface area contributed by atoms with Crippen molar-refractivity contribution >= 4 is 45.2 Å². The molecule has 1 atom stereocenters. The molecule has 1 aliphatic rings. The molecule has 0 saturated carbocycles. The fourth-order valence-corrected chi connectivity index (χ4v) is 5.69. The van der Waals surface area contributed by atoms with E-state index < -0.39 is 39.6 Å². The number of urea groups is 1. The zero-order valence-corrected chi connectivity index (χ0v) is 27.4. The van der Waals surface area contributed by atoms with E-state index in [1.165, 1.54) is 67.8 Å². The number of ether oxygens (including phenoxy) is 1. The molecular weight excluding hydrogens is 641 g/mol. The number of carbonyl (C=O) groups is 3. The summed E-state index contributed by atoms with van der Waals surface area (Å²) < 4.78 is 46.5. The number of carbonyl (C=O) groups excluding carboxylic acids is 3. The molecule has 0 radical (unpaired) electrons. The third kappa shape index (κ3) is 7.58. The van der Waals surface area contributed by atoms with Crippen LogP contribution in [0.15, 0.2) is 90.1 Å². The lowest BCUT2D eigenvalue weighted by Crippen LogP contribution is -2.60. The van der Waals surface area contributed by atoms with Crippen LogP contribution in [0.1, 0.15) is 19.4 Å². The van der Waals surface area contributed by atoms with E-state index in [1.54, 1.807) is 38.1 Å². The topological polar surface area (TPSA) is 154 Å². The summed E-state index contributed by atoms with van der Waals surface area (Å²) in [5, 5.41) is 5.54. The maximum Gasteiger partial charge on any atom is 0.327 e. The molecule has 15 heteroatoms. The summed E-state index contributed by atoms with van der Waals surface area (Å²) in [5.41, 5.74) is 0.838. The van der Waals surface area contributed by atoms with E-state index in [4.69, 9.17) is 4.74 Å². The Morgan fingerprint density at radius 2 is 1.77 bits per heavy atom. The Bertz CT molecular complexity index is 1920.